The lowest BCUT2D eigenvalue weighted by Crippen LogP contribution is -2.39. The summed E-state index contributed by atoms with van der Waals surface area (Å²) in [5, 5.41) is 23.9. The monoisotopic (exact) mass is 503 g/mol. The summed E-state index contributed by atoms with van der Waals surface area (Å²) < 4.78 is 24.4. The van der Waals surface area contributed by atoms with E-state index in [1.54, 1.807) is 24.3 Å². The minimum Gasteiger partial charge on any atom is -0.506 e. The number of pyridine rings is 1. The number of carbonyl (C=O) groups is 1. The van der Waals surface area contributed by atoms with E-state index in [4.69, 9.17) is 26.8 Å². The molecule has 1 aliphatic carbocycles. The van der Waals surface area contributed by atoms with E-state index in [1.807, 2.05) is 0 Å². The van der Waals surface area contributed by atoms with Gasteiger partial charge < -0.3 is 30.7 Å². The Bertz CT molecular complexity index is 1180. The first-order valence-corrected chi connectivity index (χ1v) is 11.2. The van der Waals surface area contributed by atoms with Crippen molar-refractivity contribution >= 4 is 17.5 Å². The van der Waals surface area contributed by atoms with Crippen LogP contribution in [0.5, 0.6) is 5.75 Å². The molecule has 1 heterocycles. The average Bonchev–Trinajstić information content (AvgIpc) is 3.05. The predicted octanol–water partition coefficient (Wildman–Crippen LogP) is 2.94. The molecule has 2 atom stereocenters. The van der Waals surface area contributed by atoms with E-state index in [0.717, 1.165) is 6.07 Å². The van der Waals surface area contributed by atoms with Gasteiger partial charge in [-0.2, -0.15) is 0 Å². The van der Waals surface area contributed by atoms with E-state index in [9.17, 15) is 19.4 Å². The molecule has 35 heavy (non-hydrogen) atoms. The molecule has 0 bridgehead atoms. The number of hydrogen-bond acceptors (Lipinski definition) is 7. The maximum atomic E-state index is 13.5. The van der Waals surface area contributed by atoms with Gasteiger partial charge >= 0.3 is 0 Å². The summed E-state index contributed by atoms with van der Waals surface area (Å²) in [5.74, 6) is -0.696. The summed E-state index contributed by atoms with van der Waals surface area (Å²) in [6, 6.07) is 6.70. The molecule has 0 aliphatic heterocycles. The van der Waals surface area contributed by atoms with Crippen molar-refractivity contribution in [3.8, 4) is 17.0 Å². The van der Waals surface area contributed by atoms with Gasteiger partial charge in [0.05, 0.1) is 23.4 Å². The van der Waals surface area contributed by atoms with Gasteiger partial charge in [-0.3, -0.25) is 4.79 Å². The van der Waals surface area contributed by atoms with Crippen molar-refractivity contribution in [1.82, 2.24) is 10.3 Å². The predicted molar refractivity (Wildman–Crippen MR) is 130 cm³/mol. The van der Waals surface area contributed by atoms with Crippen LogP contribution >= 0.6 is 11.6 Å². The molecule has 0 radical (unpaired) electrons. The van der Waals surface area contributed by atoms with Crippen LogP contribution < -0.4 is 11.1 Å². The second-order valence-electron chi connectivity index (χ2n) is 8.01. The van der Waals surface area contributed by atoms with Gasteiger partial charge in [0.1, 0.15) is 35.2 Å². The zero-order chi connectivity index (χ0) is 25.6. The molecule has 2 unspecified atom stereocenters. The Morgan fingerprint density at radius 1 is 1.29 bits per heavy atom. The van der Waals surface area contributed by atoms with E-state index in [2.05, 4.69) is 10.3 Å². The number of aliphatic hydroxyl groups is 1. The number of carbonyl (C=O) groups excluding carboxylic acids is 1. The molecule has 8 nitrogen and oxygen atoms in total. The molecule has 3 rings (SSSR count). The first-order chi connectivity index (χ1) is 16.6. The minimum absolute atomic E-state index is 0.115. The summed E-state index contributed by atoms with van der Waals surface area (Å²) in [6.45, 7) is 1.96. The fraction of sp³-hybridized carbons (Fsp3) is 0.280. The second-order valence-corrected chi connectivity index (χ2v) is 8.42. The molecule has 1 aliphatic rings. The largest absolute Gasteiger partial charge is 0.506 e. The number of hydrogen-bond donors (Lipinski definition) is 4. The Labute approximate surface area is 207 Å². The van der Waals surface area contributed by atoms with Crippen LogP contribution in [0.25, 0.3) is 11.3 Å². The summed E-state index contributed by atoms with van der Waals surface area (Å²) in [7, 11) is 1.51. The number of benzene rings is 1. The SMILES string of the molecule is COC1C=C(OCCN)C=CC(C(=O)NCC(C)(O)c2ccc(O)c(-c3ccc(F)c(Cl)c3)n2)=C1. The zero-order valence-corrected chi connectivity index (χ0v) is 20.1. The quantitative estimate of drug-likeness (QED) is 0.414. The molecule has 186 valence electrons. The molecule has 0 saturated carbocycles. The highest BCUT2D eigenvalue weighted by Crippen LogP contribution is 2.32. The highest BCUT2D eigenvalue weighted by Gasteiger charge is 2.27. The Hall–Kier alpha value is -3.24. The summed E-state index contributed by atoms with van der Waals surface area (Å²) in [6.07, 6.45) is 6.06. The standard InChI is InChI=1S/C25H27ClFN3O5/c1-25(33,22-8-7-21(31)23(30-22)15-4-6-20(27)19(26)12-15)14-29-24(32)16-3-5-17(35-10-9-28)13-18(11-16)34-2/h3-8,11-13,18,31,33H,9-10,14,28H2,1-2H3,(H,29,32). The first-order valence-electron chi connectivity index (χ1n) is 10.8. The van der Waals surface area contributed by atoms with Crippen molar-refractivity contribution in [1.29, 1.82) is 0 Å². The Balaban J connectivity index is 1.75. The molecule has 5 N–H and O–H groups in total. The molecule has 0 saturated heterocycles. The normalized spacial score (nSPS) is 17.1. The summed E-state index contributed by atoms with van der Waals surface area (Å²) >= 11 is 5.85. The van der Waals surface area contributed by atoms with Gasteiger partial charge in [-0.1, -0.05) is 11.6 Å². The molecular formula is C25H27ClFN3O5. The smallest absolute Gasteiger partial charge is 0.251 e. The molecule has 1 aromatic heterocycles. The number of amides is 1. The molecule has 1 amide bonds. The lowest BCUT2D eigenvalue weighted by atomic mass is 9.99. The van der Waals surface area contributed by atoms with E-state index in [1.165, 1.54) is 38.3 Å². The number of rotatable bonds is 9. The lowest BCUT2D eigenvalue weighted by Gasteiger charge is -2.24. The van der Waals surface area contributed by atoms with Gasteiger partial charge in [-0.15, -0.1) is 0 Å². The van der Waals surface area contributed by atoms with Crippen LogP contribution in [0.4, 0.5) is 4.39 Å². The van der Waals surface area contributed by atoms with E-state index in [-0.39, 0.29) is 28.7 Å². The number of aromatic nitrogens is 1. The van der Waals surface area contributed by atoms with E-state index < -0.39 is 23.4 Å². The second kappa shape index (κ2) is 11.5. The third-order valence-electron chi connectivity index (χ3n) is 5.23. The van der Waals surface area contributed by atoms with Crippen LogP contribution in [0.1, 0.15) is 12.6 Å². The maximum Gasteiger partial charge on any atom is 0.251 e. The van der Waals surface area contributed by atoms with Gasteiger partial charge in [0.25, 0.3) is 5.91 Å². The van der Waals surface area contributed by atoms with Crippen LogP contribution in [0.15, 0.2) is 66.0 Å². The summed E-state index contributed by atoms with van der Waals surface area (Å²) in [4.78, 5) is 17.2. The highest BCUT2D eigenvalue weighted by molar-refractivity contribution is 6.31. The fourth-order valence-corrected chi connectivity index (χ4v) is 3.46. The molecule has 10 heteroatoms. The van der Waals surface area contributed by atoms with Crippen LogP contribution in [0.3, 0.4) is 0 Å². The molecular weight excluding hydrogens is 477 g/mol. The number of methoxy groups -OCH3 is 1. The van der Waals surface area contributed by atoms with E-state index >= 15 is 0 Å². The topological polar surface area (TPSA) is 127 Å². The highest BCUT2D eigenvalue weighted by atomic mass is 35.5. The number of ether oxygens (including phenoxy) is 2. The van der Waals surface area contributed by atoms with Crippen molar-refractivity contribution in [2.24, 2.45) is 5.73 Å². The Kier molecular flexibility index (Phi) is 8.63. The third-order valence-corrected chi connectivity index (χ3v) is 5.52. The molecule has 1 aromatic carbocycles. The minimum atomic E-state index is -1.59. The van der Waals surface area contributed by atoms with E-state index in [0.29, 0.717) is 30.0 Å². The Morgan fingerprint density at radius 3 is 2.74 bits per heavy atom. The van der Waals surface area contributed by atoms with Gasteiger partial charge in [0, 0.05) is 24.8 Å². The van der Waals surface area contributed by atoms with Crippen LogP contribution in [0.2, 0.25) is 5.02 Å². The molecule has 0 fully saturated rings. The van der Waals surface area contributed by atoms with Crippen molar-refractivity contribution in [2.75, 3.05) is 26.8 Å². The number of aromatic hydroxyl groups is 1. The van der Waals surface area contributed by atoms with Crippen molar-refractivity contribution in [2.45, 2.75) is 18.6 Å². The number of nitrogens with zero attached hydrogens (tertiary/aromatic N) is 1. The zero-order valence-electron chi connectivity index (χ0n) is 19.3. The van der Waals surface area contributed by atoms with Crippen LogP contribution in [0, 0.1) is 5.82 Å². The maximum absolute atomic E-state index is 13.5. The van der Waals surface area contributed by atoms with Crippen molar-refractivity contribution in [3.63, 3.8) is 0 Å². The van der Waals surface area contributed by atoms with Crippen LogP contribution in [-0.4, -0.2) is 54.0 Å². The van der Waals surface area contributed by atoms with Crippen molar-refractivity contribution < 1.29 is 28.9 Å². The van der Waals surface area contributed by atoms with Crippen molar-refractivity contribution in [3.05, 3.63) is 82.5 Å². The summed E-state index contributed by atoms with van der Waals surface area (Å²) in [5.41, 5.74) is 4.87. The van der Waals surface area contributed by atoms with Gasteiger partial charge in [0.2, 0.25) is 0 Å². The number of nitrogens with one attached hydrogen (secondary N) is 1. The number of allylic oxidation sites excluding steroid dienone is 1. The Morgan fingerprint density at radius 2 is 2.06 bits per heavy atom. The molecule has 0 spiro atoms. The average molecular weight is 504 g/mol. The van der Waals surface area contributed by atoms with Gasteiger partial charge in [-0.05, 0) is 61.6 Å². The number of nitrogens with two attached hydrogens (primary N) is 1. The van der Waals surface area contributed by atoms with Gasteiger partial charge in [-0.25, -0.2) is 9.37 Å². The lowest BCUT2D eigenvalue weighted by molar-refractivity contribution is -0.118. The first kappa shape index (κ1) is 26.4. The third kappa shape index (κ3) is 6.67. The van der Waals surface area contributed by atoms with Gasteiger partial charge in [0.15, 0.2) is 0 Å². The number of halogens is 2. The molecule has 2 aromatic rings. The fourth-order valence-electron chi connectivity index (χ4n) is 3.28. The van der Waals surface area contributed by atoms with Crippen LogP contribution in [-0.2, 0) is 19.9 Å².